The van der Waals surface area contributed by atoms with Crippen LogP contribution < -0.4 is 20.9 Å². The molecule has 3 N–H and O–H groups in total. The van der Waals surface area contributed by atoms with Crippen molar-refractivity contribution < 1.29 is 9.53 Å². The summed E-state index contributed by atoms with van der Waals surface area (Å²) in [4.78, 5) is 30.8. The van der Waals surface area contributed by atoms with E-state index in [0.717, 1.165) is 56.0 Å². The Bertz CT molecular complexity index is 1230. The molecule has 0 radical (unpaired) electrons. The number of amides is 1. The minimum Gasteiger partial charge on any atom is -0.382 e. The molecule has 1 aromatic carbocycles. The number of nitrogens with one attached hydrogen (secondary N) is 1. The van der Waals surface area contributed by atoms with Crippen LogP contribution in [0.2, 0.25) is 0 Å². The van der Waals surface area contributed by atoms with Crippen LogP contribution in [-0.4, -0.2) is 76.5 Å². The molecule has 5 rings (SSSR count). The molecule has 2 fully saturated rings. The number of benzene rings is 1. The van der Waals surface area contributed by atoms with Crippen molar-refractivity contribution in [1.29, 1.82) is 0 Å². The number of nitrogen functional groups attached to an aromatic ring is 1. The number of pyridine rings is 1. The lowest BCUT2D eigenvalue weighted by Gasteiger charge is -2.35. The number of nitrogens with zero attached hydrogens (tertiary/aromatic N) is 6. The molecular weight excluding hydrogens is 583 g/mol. The third kappa shape index (κ3) is 5.94. The quantitative estimate of drug-likeness (QED) is 0.319. The third-order valence-electron chi connectivity index (χ3n) is 6.94. The van der Waals surface area contributed by atoms with E-state index in [-0.39, 0.29) is 11.5 Å². The average Bonchev–Trinajstić information content (AvgIpc) is 2.94. The first-order chi connectivity index (χ1) is 18.0. The fourth-order valence-corrected chi connectivity index (χ4v) is 5.31. The maximum Gasteiger partial charge on any atom is 0.278 e. The summed E-state index contributed by atoms with van der Waals surface area (Å²) in [7, 11) is 2.15. The van der Waals surface area contributed by atoms with E-state index in [4.69, 9.17) is 10.5 Å². The van der Waals surface area contributed by atoms with Gasteiger partial charge in [-0.3, -0.25) is 9.78 Å². The number of rotatable bonds is 6. The van der Waals surface area contributed by atoms with E-state index in [1.54, 1.807) is 18.6 Å². The summed E-state index contributed by atoms with van der Waals surface area (Å²) in [5, 5.41) is 2.93. The SMILES string of the molecule is CN(c1ccc(-c2cnc(N)c(C(=O)Nc3cnccc3N3CCOCC3)n2)cc1)C1CCN(I)CC1. The van der Waals surface area contributed by atoms with Crippen LogP contribution >= 0.6 is 22.9 Å². The Balaban J connectivity index is 1.32. The van der Waals surface area contributed by atoms with Gasteiger partial charge in [-0.05, 0) is 31.0 Å². The molecular formula is C26H31IN8O2. The summed E-state index contributed by atoms with van der Waals surface area (Å²) in [5.41, 5.74) is 10.3. The van der Waals surface area contributed by atoms with Crippen LogP contribution in [0.3, 0.4) is 0 Å². The molecule has 2 saturated heterocycles. The van der Waals surface area contributed by atoms with Crippen LogP contribution in [-0.2, 0) is 4.74 Å². The van der Waals surface area contributed by atoms with E-state index in [9.17, 15) is 4.79 Å². The van der Waals surface area contributed by atoms with E-state index < -0.39 is 5.91 Å². The van der Waals surface area contributed by atoms with Crippen molar-refractivity contribution in [3.63, 3.8) is 0 Å². The van der Waals surface area contributed by atoms with Gasteiger partial charge in [0.05, 0.1) is 42.7 Å². The summed E-state index contributed by atoms with van der Waals surface area (Å²) >= 11 is 2.40. The van der Waals surface area contributed by atoms with Crippen molar-refractivity contribution in [2.24, 2.45) is 0 Å². The summed E-state index contributed by atoms with van der Waals surface area (Å²) in [5.74, 6) is -0.344. The highest BCUT2D eigenvalue weighted by Crippen LogP contribution is 2.28. The molecule has 4 heterocycles. The maximum absolute atomic E-state index is 13.2. The number of morpholine rings is 1. The Morgan fingerprint density at radius 3 is 2.57 bits per heavy atom. The maximum atomic E-state index is 13.2. The van der Waals surface area contributed by atoms with Crippen LogP contribution in [0.25, 0.3) is 11.3 Å². The monoisotopic (exact) mass is 614 g/mol. The predicted molar refractivity (Wildman–Crippen MR) is 154 cm³/mol. The van der Waals surface area contributed by atoms with E-state index in [2.05, 4.69) is 75.2 Å². The van der Waals surface area contributed by atoms with Crippen LogP contribution in [0.5, 0.6) is 0 Å². The van der Waals surface area contributed by atoms with Crippen LogP contribution in [0, 0.1) is 0 Å². The zero-order valence-corrected chi connectivity index (χ0v) is 23.0. The highest BCUT2D eigenvalue weighted by atomic mass is 127. The lowest BCUT2D eigenvalue weighted by Crippen LogP contribution is -2.40. The molecule has 194 valence electrons. The third-order valence-corrected chi connectivity index (χ3v) is 7.91. The molecule has 0 spiro atoms. The minimum absolute atomic E-state index is 0.0796. The number of hydrogen-bond donors (Lipinski definition) is 2. The highest BCUT2D eigenvalue weighted by Gasteiger charge is 2.22. The molecule has 2 aliphatic heterocycles. The van der Waals surface area contributed by atoms with Gasteiger partial charge in [0.25, 0.3) is 5.91 Å². The lowest BCUT2D eigenvalue weighted by atomic mass is 10.0. The normalized spacial score (nSPS) is 17.0. The smallest absolute Gasteiger partial charge is 0.278 e. The second kappa shape index (κ2) is 11.6. The molecule has 0 bridgehead atoms. The number of anilines is 4. The van der Waals surface area contributed by atoms with Gasteiger partial charge in [-0.25, -0.2) is 13.1 Å². The minimum atomic E-state index is -0.424. The molecule has 37 heavy (non-hydrogen) atoms. The fraction of sp³-hybridized carbons (Fsp3) is 0.385. The Morgan fingerprint density at radius 1 is 1.11 bits per heavy atom. The van der Waals surface area contributed by atoms with Crippen LogP contribution in [0.1, 0.15) is 23.3 Å². The van der Waals surface area contributed by atoms with Crippen LogP contribution in [0.15, 0.2) is 48.9 Å². The number of piperidine rings is 1. The number of halogens is 1. The molecule has 2 aliphatic rings. The number of hydrogen-bond acceptors (Lipinski definition) is 9. The number of carbonyl (C=O) groups excluding carboxylic acids is 1. The number of nitrogens with two attached hydrogens (primary N) is 1. The first-order valence-electron chi connectivity index (χ1n) is 12.4. The lowest BCUT2D eigenvalue weighted by molar-refractivity contribution is 0.102. The molecule has 0 unspecified atom stereocenters. The topological polar surface area (TPSA) is 113 Å². The van der Waals surface area contributed by atoms with Gasteiger partial charge in [0.2, 0.25) is 0 Å². The predicted octanol–water partition coefficient (Wildman–Crippen LogP) is 3.46. The standard InChI is InChI=1S/C26H31IN8O2/c1-33(20-7-10-35(27)11-8-20)19-4-2-18(3-5-19)21-17-30-25(28)24(31-21)26(36)32-22-16-29-9-6-23(22)34-12-14-37-15-13-34/h2-6,9,16-17,20H,7-8,10-15H2,1H3,(H2,28,30)(H,32,36). The molecule has 1 amide bonds. The van der Waals surface area contributed by atoms with Gasteiger partial charge in [-0.1, -0.05) is 12.1 Å². The van der Waals surface area contributed by atoms with Gasteiger partial charge in [0.15, 0.2) is 11.5 Å². The number of carbonyl (C=O) groups is 1. The first-order valence-corrected chi connectivity index (χ1v) is 13.4. The van der Waals surface area contributed by atoms with Gasteiger partial charge in [0.1, 0.15) is 0 Å². The van der Waals surface area contributed by atoms with E-state index in [1.165, 1.54) is 0 Å². The van der Waals surface area contributed by atoms with Gasteiger partial charge >= 0.3 is 0 Å². The molecule has 0 aliphatic carbocycles. The number of ether oxygens (including phenoxy) is 1. The summed E-state index contributed by atoms with van der Waals surface area (Å²) < 4.78 is 7.80. The molecule has 0 saturated carbocycles. The zero-order chi connectivity index (χ0) is 25.8. The van der Waals surface area contributed by atoms with E-state index >= 15 is 0 Å². The van der Waals surface area contributed by atoms with Crippen molar-refractivity contribution in [3.05, 3.63) is 54.6 Å². The first kappa shape index (κ1) is 25.6. The van der Waals surface area contributed by atoms with Gasteiger partial charge in [-0.15, -0.1) is 0 Å². The van der Waals surface area contributed by atoms with Crippen molar-refractivity contribution >= 4 is 51.7 Å². The van der Waals surface area contributed by atoms with E-state index in [0.29, 0.717) is 30.6 Å². The van der Waals surface area contributed by atoms with Crippen molar-refractivity contribution in [1.82, 2.24) is 18.1 Å². The van der Waals surface area contributed by atoms with Gasteiger partial charge < -0.3 is 25.6 Å². The summed E-state index contributed by atoms with van der Waals surface area (Å²) in [6.07, 6.45) is 7.24. The molecule has 0 atom stereocenters. The van der Waals surface area contributed by atoms with Crippen LogP contribution in [0.4, 0.5) is 22.9 Å². The van der Waals surface area contributed by atoms with E-state index in [1.807, 2.05) is 18.2 Å². The largest absolute Gasteiger partial charge is 0.382 e. The van der Waals surface area contributed by atoms with Crippen molar-refractivity contribution in [2.45, 2.75) is 18.9 Å². The van der Waals surface area contributed by atoms with Crippen molar-refractivity contribution in [2.75, 3.05) is 67.3 Å². The number of aromatic nitrogens is 3. The Morgan fingerprint density at radius 2 is 1.84 bits per heavy atom. The second-order valence-electron chi connectivity index (χ2n) is 9.23. The van der Waals surface area contributed by atoms with Gasteiger partial charge in [0, 0.05) is 79.6 Å². The molecule has 11 heteroatoms. The Kier molecular flexibility index (Phi) is 8.01. The highest BCUT2D eigenvalue weighted by molar-refractivity contribution is 14.1. The van der Waals surface area contributed by atoms with Crippen molar-refractivity contribution in [3.8, 4) is 11.3 Å². The Hall–Kier alpha value is -3.03. The summed E-state index contributed by atoms with van der Waals surface area (Å²) in [6.45, 7) is 4.98. The Labute approximate surface area is 230 Å². The second-order valence-corrected chi connectivity index (χ2v) is 10.6. The summed E-state index contributed by atoms with van der Waals surface area (Å²) in [6, 6.07) is 10.6. The molecule has 3 aromatic rings. The molecule has 2 aromatic heterocycles. The zero-order valence-electron chi connectivity index (χ0n) is 20.8. The average molecular weight is 614 g/mol. The van der Waals surface area contributed by atoms with Gasteiger partial charge in [-0.2, -0.15) is 0 Å². The fourth-order valence-electron chi connectivity index (χ4n) is 4.75. The molecule has 10 nitrogen and oxygen atoms in total.